The summed E-state index contributed by atoms with van der Waals surface area (Å²) in [7, 11) is 0. The zero-order valence-corrected chi connectivity index (χ0v) is 19.7. The number of nitrogens with zero attached hydrogens (tertiary/aromatic N) is 4. The van der Waals surface area contributed by atoms with Crippen molar-refractivity contribution in [3.63, 3.8) is 0 Å². The number of hydrogen-bond acceptors (Lipinski definition) is 6. The summed E-state index contributed by atoms with van der Waals surface area (Å²) in [5.74, 6) is 0. The van der Waals surface area contributed by atoms with E-state index in [1.165, 1.54) is 4.88 Å². The minimum absolute atomic E-state index is 0.682. The van der Waals surface area contributed by atoms with Gasteiger partial charge < -0.3 is 10.3 Å². The van der Waals surface area contributed by atoms with Gasteiger partial charge in [0, 0.05) is 63.6 Å². The van der Waals surface area contributed by atoms with Crippen LogP contribution in [0.4, 0.5) is 0 Å². The average Bonchev–Trinajstić information content (AvgIpc) is 3.59. The molecule has 8 heteroatoms. The lowest BCUT2D eigenvalue weighted by molar-refractivity contribution is 0.724. The number of fused-ring (bicyclic) bond motifs is 2. The second-order valence-electron chi connectivity index (χ2n) is 8.27. The average molecular weight is 466 g/mol. The Balaban J connectivity index is 1.44. The van der Waals surface area contributed by atoms with Gasteiger partial charge in [-0.2, -0.15) is 5.10 Å². The zero-order chi connectivity index (χ0) is 23.1. The maximum atomic E-state index is 4.67. The summed E-state index contributed by atoms with van der Waals surface area (Å²) in [6.45, 7) is 5.92. The SMILES string of the molecule is CCNCc1cncc(-c2cnc3n[nH]c(-c4cc5c(-c6ccc(C)s6)nccc5[nH]4)c3c2)c1. The van der Waals surface area contributed by atoms with E-state index < -0.39 is 0 Å². The Labute approximate surface area is 200 Å². The first-order valence-corrected chi connectivity index (χ1v) is 12.1. The molecule has 0 aliphatic carbocycles. The molecule has 6 aromatic rings. The highest BCUT2D eigenvalue weighted by Gasteiger charge is 2.16. The molecule has 6 rings (SSSR count). The van der Waals surface area contributed by atoms with Crippen LogP contribution in [0.5, 0.6) is 0 Å². The number of H-pyrrole nitrogens is 2. The first-order valence-electron chi connectivity index (χ1n) is 11.2. The molecule has 0 amide bonds. The van der Waals surface area contributed by atoms with E-state index in [9.17, 15) is 0 Å². The van der Waals surface area contributed by atoms with E-state index in [-0.39, 0.29) is 0 Å². The van der Waals surface area contributed by atoms with Crippen molar-refractivity contribution >= 4 is 33.3 Å². The van der Waals surface area contributed by atoms with E-state index in [0.29, 0.717) is 5.65 Å². The molecule has 168 valence electrons. The third kappa shape index (κ3) is 3.67. The Hall–Kier alpha value is -3.88. The molecule has 0 aromatic carbocycles. The minimum atomic E-state index is 0.682. The van der Waals surface area contributed by atoms with Crippen LogP contribution in [-0.4, -0.2) is 36.7 Å². The second kappa shape index (κ2) is 8.48. The van der Waals surface area contributed by atoms with Gasteiger partial charge in [-0.1, -0.05) is 6.92 Å². The number of rotatable bonds is 6. The molecule has 0 aliphatic heterocycles. The molecule has 0 saturated carbocycles. The molecule has 7 nitrogen and oxygen atoms in total. The fourth-order valence-corrected chi connectivity index (χ4v) is 5.10. The molecule has 0 unspecified atom stereocenters. The van der Waals surface area contributed by atoms with Crippen molar-refractivity contribution in [2.24, 2.45) is 0 Å². The fourth-order valence-electron chi connectivity index (χ4n) is 4.22. The van der Waals surface area contributed by atoms with E-state index >= 15 is 0 Å². The summed E-state index contributed by atoms with van der Waals surface area (Å²) in [4.78, 5) is 19.7. The standard InChI is InChI=1S/C26H23N7S/c1-3-27-11-16-8-17(13-28-12-16)18-9-20-24(32-33-26(20)30-14-18)22-10-19-21(31-22)6-7-29-25(19)23-5-4-15(2)34-23/h4-10,12-14,27,31H,3,11H2,1-2H3,(H,30,32,33). The summed E-state index contributed by atoms with van der Waals surface area (Å²) >= 11 is 1.75. The third-order valence-corrected chi connectivity index (χ3v) is 6.92. The summed E-state index contributed by atoms with van der Waals surface area (Å²) in [6, 6.07) is 12.7. The fraction of sp³-hybridized carbons (Fsp3) is 0.154. The van der Waals surface area contributed by atoms with Gasteiger partial charge in [0.1, 0.15) is 0 Å². The lowest BCUT2D eigenvalue weighted by Crippen LogP contribution is -2.11. The van der Waals surface area contributed by atoms with Gasteiger partial charge in [-0.15, -0.1) is 11.3 Å². The van der Waals surface area contributed by atoms with Crippen LogP contribution in [0, 0.1) is 6.92 Å². The molecular formula is C26H23N7S. The largest absolute Gasteiger partial charge is 0.353 e. The number of nitrogens with one attached hydrogen (secondary N) is 3. The molecule has 0 aliphatic rings. The molecule has 34 heavy (non-hydrogen) atoms. The Morgan fingerprint density at radius 1 is 0.971 bits per heavy atom. The van der Waals surface area contributed by atoms with Gasteiger partial charge in [-0.3, -0.25) is 15.1 Å². The van der Waals surface area contributed by atoms with E-state index in [0.717, 1.165) is 68.0 Å². The van der Waals surface area contributed by atoms with Gasteiger partial charge in [0.25, 0.3) is 0 Å². The van der Waals surface area contributed by atoms with Gasteiger partial charge in [0.05, 0.1) is 22.0 Å². The molecule has 6 heterocycles. The lowest BCUT2D eigenvalue weighted by Gasteiger charge is -2.05. The molecule has 3 N–H and O–H groups in total. The van der Waals surface area contributed by atoms with Crippen molar-refractivity contribution in [3.8, 4) is 33.1 Å². The van der Waals surface area contributed by atoms with Crippen LogP contribution in [0.2, 0.25) is 0 Å². The molecular weight excluding hydrogens is 442 g/mol. The second-order valence-corrected chi connectivity index (χ2v) is 9.56. The van der Waals surface area contributed by atoms with Crippen LogP contribution in [0.3, 0.4) is 0 Å². The van der Waals surface area contributed by atoms with Crippen LogP contribution in [-0.2, 0) is 6.54 Å². The highest BCUT2D eigenvalue weighted by Crippen LogP contribution is 2.35. The Morgan fingerprint density at radius 3 is 2.74 bits per heavy atom. The van der Waals surface area contributed by atoms with Crippen molar-refractivity contribution < 1.29 is 0 Å². The first kappa shape index (κ1) is 20.7. The van der Waals surface area contributed by atoms with Crippen LogP contribution < -0.4 is 5.32 Å². The number of thiophene rings is 1. The smallest absolute Gasteiger partial charge is 0.181 e. The van der Waals surface area contributed by atoms with Crippen LogP contribution >= 0.6 is 11.3 Å². The number of pyridine rings is 3. The van der Waals surface area contributed by atoms with E-state index in [2.05, 4.69) is 79.6 Å². The summed E-state index contributed by atoms with van der Waals surface area (Å²) < 4.78 is 0. The summed E-state index contributed by atoms with van der Waals surface area (Å²) in [5, 5.41) is 13.0. The normalized spacial score (nSPS) is 11.6. The Bertz CT molecular complexity index is 1630. The third-order valence-electron chi connectivity index (χ3n) is 5.91. The van der Waals surface area contributed by atoms with Gasteiger partial charge in [-0.05, 0) is 55.4 Å². The first-order chi connectivity index (χ1) is 16.7. The van der Waals surface area contributed by atoms with Crippen molar-refractivity contribution in [2.45, 2.75) is 20.4 Å². The molecule has 0 bridgehead atoms. The lowest BCUT2D eigenvalue weighted by atomic mass is 10.1. The number of aryl methyl sites for hydroxylation is 1. The highest BCUT2D eigenvalue weighted by atomic mass is 32.1. The monoisotopic (exact) mass is 465 g/mol. The van der Waals surface area contributed by atoms with Crippen molar-refractivity contribution in [2.75, 3.05) is 6.54 Å². The Morgan fingerprint density at radius 2 is 1.88 bits per heavy atom. The van der Waals surface area contributed by atoms with E-state index in [1.54, 1.807) is 11.3 Å². The molecule has 0 saturated heterocycles. The number of aromatic nitrogens is 6. The molecule has 0 atom stereocenters. The van der Waals surface area contributed by atoms with Crippen LogP contribution in [0.15, 0.2) is 61.2 Å². The van der Waals surface area contributed by atoms with Crippen molar-refractivity contribution in [1.29, 1.82) is 0 Å². The quantitative estimate of drug-likeness (QED) is 0.293. The zero-order valence-electron chi connectivity index (χ0n) is 18.9. The predicted molar refractivity (Wildman–Crippen MR) is 138 cm³/mol. The maximum Gasteiger partial charge on any atom is 0.181 e. The van der Waals surface area contributed by atoms with E-state index in [4.69, 9.17) is 0 Å². The minimum Gasteiger partial charge on any atom is -0.353 e. The highest BCUT2D eigenvalue weighted by molar-refractivity contribution is 7.15. The molecule has 6 aromatic heterocycles. The van der Waals surface area contributed by atoms with Gasteiger partial charge in [0.2, 0.25) is 0 Å². The molecule has 0 fully saturated rings. The van der Waals surface area contributed by atoms with Gasteiger partial charge in [-0.25, -0.2) is 4.98 Å². The molecule has 0 spiro atoms. The predicted octanol–water partition coefficient (Wildman–Crippen LogP) is 5.71. The summed E-state index contributed by atoms with van der Waals surface area (Å²) in [6.07, 6.45) is 7.48. The van der Waals surface area contributed by atoms with Gasteiger partial charge in [0.15, 0.2) is 5.65 Å². The van der Waals surface area contributed by atoms with Crippen LogP contribution in [0.1, 0.15) is 17.4 Å². The molecule has 0 radical (unpaired) electrons. The van der Waals surface area contributed by atoms with Crippen molar-refractivity contribution in [1.82, 2.24) is 35.5 Å². The maximum absolute atomic E-state index is 4.67. The van der Waals surface area contributed by atoms with E-state index in [1.807, 2.05) is 30.9 Å². The van der Waals surface area contributed by atoms with Crippen molar-refractivity contribution in [3.05, 3.63) is 71.6 Å². The van der Waals surface area contributed by atoms with Crippen LogP contribution in [0.25, 0.3) is 55.0 Å². The topological polar surface area (TPSA) is 95.2 Å². The number of hydrogen-bond donors (Lipinski definition) is 3. The number of aromatic amines is 2. The summed E-state index contributed by atoms with van der Waals surface area (Å²) in [5.41, 5.74) is 7.76. The van der Waals surface area contributed by atoms with Gasteiger partial charge >= 0.3 is 0 Å². The Kier molecular flexibility index (Phi) is 5.16.